The Morgan fingerprint density at radius 2 is 2.00 bits per heavy atom. The third kappa shape index (κ3) is 3.78. The van der Waals surface area contributed by atoms with Gasteiger partial charge in [0.25, 0.3) is 0 Å². The van der Waals surface area contributed by atoms with Gasteiger partial charge in [0.05, 0.1) is 10.8 Å². The highest BCUT2D eigenvalue weighted by atomic mass is 32.2. The van der Waals surface area contributed by atoms with Crippen molar-refractivity contribution in [3.05, 3.63) is 24.0 Å². The van der Waals surface area contributed by atoms with Crippen molar-refractivity contribution in [3.8, 4) is 0 Å². The van der Waals surface area contributed by atoms with Gasteiger partial charge in [-0.05, 0) is 57.1 Å². The molecule has 1 fully saturated rings. The topological polar surface area (TPSA) is 46.3 Å². The van der Waals surface area contributed by atoms with Gasteiger partial charge in [0.2, 0.25) is 0 Å². The molecule has 5 heteroatoms. The maximum Gasteiger partial charge on any atom is 0.126 e. The van der Waals surface area contributed by atoms with Crippen molar-refractivity contribution < 1.29 is 8.60 Å². The molecule has 1 heterocycles. The van der Waals surface area contributed by atoms with Crippen LogP contribution in [0.15, 0.2) is 23.1 Å². The summed E-state index contributed by atoms with van der Waals surface area (Å²) >= 11 is 0. The minimum absolute atomic E-state index is 0.331. The molecule has 1 aromatic carbocycles. The van der Waals surface area contributed by atoms with Crippen LogP contribution in [0.3, 0.4) is 0 Å². The molecular formula is C13H19FN2OS. The summed E-state index contributed by atoms with van der Waals surface area (Å²) in [6.45, 7) is 3.29. The van der Waals surface area contributed by atoms with Crippen LogP contribution < -0.4 is 5.73 Å². The van der Waals surface area contributed by atoms with E-state index in [2.05, 4.69) is 4.90 Å². The molecule has 0 bridgehead atoms. The van der Waals surface area contributed by atoms with Crippen LogP contribution in [-0.4, -0.2) is 34.5 Å². The van der Waals surface area contributed by atoms with Gasteiger partial charge in [-0.3, -0.25) is 4.21 Å². The van der Waals surface area contributed by atoms with E-state index in [1.54, 1.807) is 6.07 Å². The molecule has 1 unspecified atom stereocenters. The Morgan fingerprint density at radius 1 is 1.28 bits per heavy atom. The Balaban J connectivity index is 1.83. The number of rotatable bonds is 5. The fraction of sp³-hybridized carbons (Fsp3) is 0.538. The van der Waals surface area contributed by atoms with Gasteiger partial charge in [0.1, 0.15) is 5.82 Å². The number of nitrogens with two attached hydrogens (primary N) is 1. The molecule has 0 spiro atoms. The first-order valence-electron chi connectivity index (χ1n) is 6.32. The van der Waals surface area contributed by atoms with Gasteiger partial charge >= 0.3 is 0 Å². The van der Waals surface area contributed by atoms with E-state index in [4.69, 9.17) is 5.73 Å². The normalized spacial score (nSPS) is 18.1. The second-order valence-corrected chi connectivity index (χ2v) is 6.24. The molecule has 1 aliphatic heterocycles. The van der Waals surface area contributed by atoms with Crippen molar-refractivity contribution in [2.75, 3.05) is 31.1 Å². The molecule has 2 rings (SSSR count). The number of hydrogen-bond donors (Lipinski definition) is 1. The van der Waals surface area contributed by atoms with Crippen LogP contribution in [0, 0.1) is 5.82 Å². The summed E-state index contributed by atoms with van der Waals surface area (Å²) in [6.07, 6.45) is 3.41. The number of likely N-dealkylation sites (tertiary alicyclic amines) is 1. The van der Waals surface area contributed by atoms with Gasteiger partial charge in [0.15, 0.2) is 0 Å². The van der Waals surface area contributed by atoms with E-state index in [0.29, 0.717) is 16.3 Å². The molecule has 1 aliphatic rings. The minimum atomic E-state index is -1.15. The maximum absolute atomic E-state index is 13.1. The SMILES string of the molecule is Nc1cc(F)cc(S(=O)CCCN2CCCC2)c1. The van der Waals surface area contributed by atoms with Crippen LogP contribution in [0.5, 0.6) is 0 Å². The lowest BCUT2D eigenvalue weighted by Gasteiger charge is -2.13. The zero-order valence-corrected chi connectivity index (χ0v) is 11.2. The fourth-order valence-electron chi connectivity index (χ4n) is 2.26. The highest BCUT2D eigenvalue weighted by molar-refractivity contribution is 7.85. The van der Waals surface area contributed by atoms with Gasteiger partial charge < -0.3 is 10.6 Å². The lowest BCUT2D eigenvalue weighted by molar-refractivity contribution is 0.340. The number of nitrogens with zero attached hydrogens (tertiary/aromatic N) is 1. The zero-order valence-electron chi connectivity index (χ0n) is 10.4. The second kappa shape index (κ2) is 6.29. The quantitative estimate of drug-likeness (QED) is 0.832. The predicted molar refractivity (Wildman–Crippen MR) is 72.4 cm³/mol. The minimum Gasteiger partial charge on any atom is -0.399 e. The monoisotopic (exact) mass is 270 g/mol. The van der Waals surface area contributed by atoms with Crippen LogP contribution in [0.25, 0.3) is 0 Å². The van der Waals surface area contributed by atoms with Crippen molar-refractivity contribution in [3.63, 3.8) is 0 Å². The molecule has 1 aromatic rings. The van der Waals surface area contributed by atoms with Crippen molar-refractivity contribution in [1.82, 2.24) is 4.90 Å². The first-order chi connectivity index (χ1) is 8.65. The van der Waals surface area contributed by atoms with E-state index in [1.165, 1.54) is 25.0 Å². The Hall–Kier alpha value is -0.940. The molecule has 3 nitrogen and oxygen atoms in total. The summed E-state index contributed by atoms with van der Waals surface area (Å²) < 4.78 is 25.1. The van der Waals surface area contributed by atoms with E-state index < -0.39 is 16.6 Å². The molecule has 0 aliphatic carbocycles. The molecule has 0 radical (unpaired) electrons. The highest BCUT2D eigenvalue weighted by Gasteiger charge is 2.12. The number of benzene rings is 1. The van der Waals surface area contributed by atoms with Gasteiger partial charge in [0, 0.05) is 16.3 Å². The second-order valence-electron chi connectivity index (χ2n) is 4.67. The molecule has 1 saturated heterocycles. The van der Waals surface area contributed by atoms with Crippen LogP contribution >= 0.6 is 0 Å². The first-order valence-corrected chi connectivity index (χ1v) is 7.64. The maximum atomic E-state index is 13.1. The molecule has 1 atom stereocenters. The van der Waals surface area contributed by atoms with E-state index >= 15 is 0 Å². The van der Waals surface area contributed by atoms with E-state index in [1.807, 2.05) is 0 Å². The highest BCUT2D eigenvalue weighted by Crippen LogP contribution is 2.15. The fourth-order valence-corrected chi connectivity index (χ4v) is 3.40. The lowest BCUT2D eigenvalue weighted by Crippen LogP contribution is -2.21. The van der Waals surface area contributed by atoms with Crippen molar-refractivity contribution in [2.45, 2.75) is 24.2 Å². The third-order valence-electron chi connectivity index (χ3n) is 3.16. The third-order valence-corrected chi connectivity index (χ3v) is 4.58. The molecule has 0 amide bonds. The molecular weight excluding hydrogens is 251 g/mol. The van der Waals surface area contributed by atoms with Crippen molar-refractivity contribution in [1.29, 1.82) is 0 Å². The summed E-state index contributed by atoms with van der Waals surface area (Å²) in [4.78, 5) is 2.88. The van der Waals surface area contributed by atoms with Crippen LogP contribution in [0.4, 0.5) is 10.1 Å². The van der Waals surface area contributed by atoms with E-state index in [-0.39, 0.29) is 0 Å². The van der Waals surface area contributed by atoms with E-state index in [9.17, 15) is 8.60 Å². The molecule has 100 valence electrons. The van der Waals surface area contributed by atoms with Crippen molar-refractivity contribution in [2.24, 2.45) is 0 Å². The van der Waals surface area contributed by atoms with Crippen LogP contribution in [0.1, 0.15) is 19.3 Å². The molecule has 0 aromatic heterocycles. The first kappa shape index (κ1) is 13.5. The van der Waals surface area contributed by atoms with Crippen molar-refractivity contribution >= 4 is 16.5 Å². The predicted octanol–water partition coefficient (Wildman–Crippen LogP) is 2.00. The summed E-state index contributed by atoms with van der Waals surface area (Å²) in [5.41, 5.74) is 5.87. The van der Waals surface area contributed by atoms with Crippen LogP contribution in [0.2, 0.25) is 0 Å². The Morgan fingerprint density at radius 3 is 2.67 bits per heavy atom. The van der Waals surface area contributed by atoms with Gasteiger partial charge in [-0.2, -0.15) is 0 Å². The number of halogens is 1. The average molecular weight is 270 g/mol. The van der Waals surface area contributed by atoms with E-state index in [0.717, 1.165) is 26.1 Å². The Labute approximate surface area is 110 Å². The van der Waals surface area contributed by atoms with Gasteiger partial charge in [-0.1, -0.05) is 0 Å². The summed E-state index contributed by atoms with van der Waals surface area (Å²) in [7, 11) is -1.15. The summed E-state index contributed by atoms with van der Waals surface area (Å²) in [5.74, 6) is 0.150. The standard InChI is InChI=1S/C13H19FN2OS/c14-11-8-12(15)10-13(9-11)18(17)7-3-6-16-4-1-2-5-16/h8-10H,1-7,15H2. The summed E-state index contributed by atoms with van der Waals surface area (Å²) in [6, 6.07) is 4.14. The average Bonchev–Trinajstić information content (AvgIpc) is 2.80. The lowest BCUT2D eigenvalue weighted by atomic mass is 10.3. The molecule has 18 heavy (non-hydrogen) atoms. The number of nitrogen functional groups attached to an aromatic ring is 1. The summed E-state index contributed by atoms with van der Waals surface area (Å²) in [5, 5.41) is 0. The Bertz CT molecular complexity index is 413. The number of anilines is 1. The zero-order chi connectivity index (χ0) is 13.0. The Kier molecular flexibility index (Phi) is 4.72. The molecule has 2 N–H and O–H groups in total. The largest absolute Gasteiger partial charge is 0.399 e. The van der Waals surface area contributed by atoms with Crippen LogP contribution in [-0.2, 0) is 10.8 Å². The molecule has 0 saturated carbocycles. The van der Waals surface area contributed by atoms with Gasteiger partial charge in [-0.15, -0.1) is 0 Å². The smallest absolute Gasteiger partial charge is 0.126 e. The number of hydrogen-bond acceptors (Lipinski definition) is 3. The van der Waals surface area contributed by atoms with Gasteiger partial charge in [-0.25, -0.2) is 4.39 Å².